The van der Waals surface area contributed by atoms with Crippen molar-refractivity contribution in [2.45, 2.75) is 26.1 Å². The molecule has 0 radical (unpaired) electrons. The number of aliphatic imine (C=N–C) groups is 1. The van der Waals surface area contributed by atoms with E-state index in [9.17, 15) is 9.59 Å². The summed E-state index contributed by atoms with van der Waals surface area (Å²) in [4.78, 5) is 37.4. The van der Waals surface area contributed by atoms with Gasteiger partial charge in [0.25, 0.3) is 5.91 Å². The first-order valence-corrected chi connectivity index (χ1v) is 10.2. The van der Waals surface area contributed by atoms with Gasteiger partial charge in [-0.05, 0) is 26.0 Å². The van der Waals surface area contributed by atoms with Crippen molar-refractivity contribution >= 4 is 23.6 Å². The van der Waals surface area contributed by atoms with Crippen molar-refractivity contribution in [1.29, 1.82) is 0 Å². The second-order valence-electron chi connectivity index (χ2n) is 7.42. The fourth-order valence-corrected chi connectivity index (χ4v) is 4.13. The number of amides is 3. The summed E-state index contributed by atoms with van der Waals surface area (Å²) in [5.74, 6) is 1.58. The molecule has 3 heterocycles. The van der Waals surface area contributed by atoms with Crippen LogP contribution in [0.25, 0.3) is 0 Å². The lowest BCUT2D eigenvalue weighted by Gasteiger charge is -2.40. The summed E-state index contributed by atoms with van der Waals surface area (Å²) >= 11 is 0. The average Bonchev–Trinajstić information content (AvgIpc) is 3.28. The Kier molecular flexibility index (Phi) is 5.48. The van der Waals surface area contributed by atoms with Crippen LogP contribution in [0, 0.1) is 0 Å². The monoisotopic (exact) mass is 429 g/mol. The molecule has 1 fully saturated rings. The zero-order valence-electron chi connectivity index (χ0n) is 18.4. The quantitative estimate of drug-likeness (QED) is 0.610. The van der Waals surface area contributed by atoms with Crippen LogP contribution >= 0.6 is 0 Å². The molecule has 1 saturated heterocycles. The predicted octanol–water partition coefficient (Wildman–Crippen LogP) is 1.68. The van der Waals surface area contributed by atoms with E-state index in [2.05, 4.69) is 0 Å². The predicted molar refractivity (Wildman–Crippen MR) is 114 cm³/mol. The molecule has 0 bridgehead atoms. The van der Waals surface area contributed by atoms with Gasteiger partial charge in [-0.15, -0.1) is 0 Å². The first-order valence-electron chi connectivity index (χ1n) is 10.2. The molecule has 0 aromatic heterocycles. The third kappa shape index (κ3) is 3.27. The number of rotatable bonds is 7. The van der Waals surface area contributed by atoms with Crippen LogP contribution in [0.1, 0.15) is 13.8 Å². The molecule has 0 spiro atoms. The van der Waals surface area contributed by atoms with E-state index in [0.717, 1.165) is 11.4 Å². The van der Waals surface area contributed by atoms with Crippen molar-refractivity contribution in [3.8, 4) is 11.5 Å². The highest BCUT2D eigenvalue weighted by atomic mass is 16.5. The summed E-state index contributed by atoms with van der Waals surface area (Å²) in [7, 11) is 4.85. The minimum absolute atomic E-state index is 0.209. The molecule has 2 unspecified atom stereocenters. The van der Waals surface area contributed by atoms with Crippen LogP contribution in [-0.4, -0.2) is 85.8 Å². The Morgan fingerprint density at radius 1 is 1.16 bits per heavy atom. The van der Waals surface area contributed by atoms with Gasteiger partial charge >= 0.3 is 6.03 Å². The highest BCUT2D eigenvalue weighted by Crippen LogP contribution is 2.41. The lowest BCUT2D eigenvalue weighted by Crippen LogP contribution is -2.64. The van der Waals surface area contributed by atoms with Crippen LogP contribution in [0.5, 0.6) is 11.5 Å². The van der Waals surface area contributed by atoms with E-state index in [-0.39, 0.29) is 18.5 Å². The summed E-state index contributed by atoms with van der Waals surface area (Å²) in [5, 5.41) is 0. The first kappa shape index (κ1) is 21.0. The van der Waals surface area contributed by atoms with E-state index < -0.39 is 12.2 Å². The smallest absolute Gasteiger partial charge is 0.328 e. The Bertz CT molecular complexity index is 961. The zero-order valence-corrected chi connectivity index (χ0v) is 18.4. The fourth-order valence-electron chi connectivity index (χ4n) is 4.13. The molecule has 31 heavy (non-hydrogen) atoms. The zero-order chi connectivity index (χ0) is 22.3. The number of allylic oxidation sites excluding steroid dienone is 1. The average molecular weight is 429 g/mol. The molecule has 3 aliphatic rings. The van der Waals surface area contributed by atoms with Gasteiger partial charge in [-0.2, -0.15) is 0 Å². The lowest BCUT2D eigenvalue weighted by atomic mass is 10.1. The number of carbonyl (C=O) groups excluding carboxylic acids is 2. The van der Waals surface area contributed by atoms with Crippen LogP contribution in [0.3, 0.4) is 0 Å². The van der Waals surface area contributed by atoms with Crippen molar-refractivity contribution in [1.82, 2.24) is 14.7 Å². The number of hydrogen-bond donors (Lipinski definition) is 0. The number of hydrogen-bond acceptors (Lipinski definition) is 8. The minimum Gasteiger partial charge on any atom is -0.497 e. The molecule has 0 saturated carbocycles. The second-order valence-corrected chi connectivity index (χ2v) is 7.42. The second kappa shape index (κ2) is 8.10. The maximum Gasteiger partial charge on any atom is 0.328 e. The fraction of sp³-hybridized carbons (Fsp3) is 0.476. The molecule has 3 aliphatic heterocycles. The van der Waals surface area contributed by atoms with Crippen LogP contribution in [0.2, 0.25) is 0 Å². The highest BCUT2D eigenvalue weighted by molar-refractivity contribution is 6.10. The van der Waals surface area contributed by atoms with E-state index >= 15 is 0 Å². The van der Waals surface area contributed by atoms with E-state index in [1.807, 2.05) is 42.0 Å². The summed E-state index contributed by atoms with van der Waals surface area (Å²) in [5.41, 5.74) is 1.65. The Labute approximate surface area is 181 Å². The number of imide groups is 1. The number of anilines is 1. The van der Waals surface area contributed by atoms with Crippen molar-refractivity contribution in [2.24, 2.45) is 4.99 Å². The molecule has 2 atom stereocenters. The molecule has 4 rings (SSSR count). The molecule has 10 heteroatoms. The Balaban J connectivity index is 1.67. The molecule has 3 amide bonds. The molecule has 1 aromatic rings. The third-order valence-corrected chi connectivity index (χ3v) is 5.68. The number of methoxy groups -OCH3 is 2. The van der Waals surface area contributed by atoms with E-state index in [0.29, 0.717) is 30.7 Å². The van der Waals surface area contributed by atoms with Gasteiger partial charge in [0.2, 0.25) is 5.96 Å². The van der Waals surface area contributed by atoms with Crippen LogP contribution in [0.4, 0.5) is 10.5 Å². The molecular formula is C21H27N5O5. The molecule has 0 aliphatic carbocycles. The number of guanidine groups is 1. The maximum absolute atomic E-state index is 13.3. The Hall–Kier alpha value is -3.27. The van der Waals surface area contributed by atoms with Crippen molar-refractivity contribution in [2.75, 3.05) is 45.9 Å². The SMILES string of the molecule is CCOCCN1C(=O)C2C(N=C3N(c4ccc(OC)cc4OC)C(C)=CN32)N(C)C1=O. The summed E-state index contributed by atoms with van der Waals surface area (Å²) < 4.78 is 16.2. The topological polar surface area (TPSA) is 87.2 Å². The summed E-state index contributed by atoms with van der Waals surface area (Å²) in [6.07, 6.45) is 1.28. The molecular weight excluding hydrogens is 402 g/mol. The number of urea groups is 1. The first-order chi connectivity index (χ1) is 14.9. The van der Waals surface area contributed by atoms with Crippen LogP contribution in [-0.2, 0) is 9.53 Å². The van der Waals surface area contributed by atoms with Gasteiger partial charge in [0.05, 0.1) is 33.1 Å². The van der Waals surface area contributed by atoms with E-state index in [1.165, 1.54) is 9.80 Å². The molecule has 10 nitrogen and oxygen atoms in total. The number of ether oxygens (including phenoxy) is 3. The Morgan fingerprint density at radius 2 is 1.94 bits per heavy atom. The third-order valence-electron chi connectivity index (χ3n) is 5.68. The van der Waals surface area contributed by atoms with Crippen molar-refractivity contribution in [3.63, 3.8) is 0 Å². The Morgan fingerprint density at radius 3 is 2.61 bits per heavy atom. The number of likely N-dealkylation sites (N-methyl/N-ethyl adjacent to an activating group) is 1. The van der Waals surface area contributed by atoms with Gasteiger partial charge in [0.1, 0.15) is 11.5 Å². The summed E-state index contributed by atoms with van der Waals surface area (Å²) in [6, 6.07) is 4.53. The molecule has 0 N–H and O–H groups in total. The summed E-state index contributed by atoms with van der Waals surface area (Å²) in [6.45, 7) is 4.85. The largest absolute Gasteiger partial charge is 0.497 e. The maximum atomic E-state index is 13.3. The minimum atomic E-state index is -0.622. The number of nitrogens with zero attached hydrogens (tertiary/aromatic N) is 5. The van der Waals surface area contributed by atoms with Gasteiger partial charge in [-0.3, -0.25) is 14.6 Å². The van der Waals surface area contributed by atoms with Crippen molar-refractivity contribution < 1.29 is 23.8 Å². The highest BCUT2D eigenvalue weighted by Gasteiger charge is 2.54. The number of fused-ring (bicyclic) bond motifs is 3. The normalized spacial score (nSPS) is 22.5. The molecule has 166 valence electrons. The van der Waals surface area contributed by atoms with E-state index in [4.69, 9.17) is 19.2 Å². The molecule has 1 aromatic carbocycles. The van der Waals surface area contributed by atoms with E-state index in [1.54, 1.807) is 27.3 Å². The van der Waals surface area contributed by atoms with Crippen LogP contribution in [0.15, 0.2) is 35.1 Å². The van der Waals surface area contributed by atoms with Gasteiger partial charge < -0.3 is 24.0 Å². The van der Waals surface area contributed by atoms with Crippen molar-refractivity contribution in [3.05, 3.63) is 30.1 Å². The van der Waals surface area contributed by atoms with Gasteiger partial charge in [0.15, 0.2) is 12.2 Å². The number of benzene rings is 1. The van der Waals surface area contributed by atoms with Crippen LogP contribution < -0.4 is 14.4 Å². The lowest BCUT2D eigenvalue weighted by molar-refractivity contribution is -0.137. The van der Waals surface area contributed by atoms with Gasteiger partial charge in [-0.1, -0.05) is 0 Å². The standard InChI is InChI=1S/C21H27N5O5/c1-6-31-10-9-24-19(27)17-18(23(3)21(24)28)22-20-25(17)12-13(2)26(20)15-8-7-14(29-4)11-16(15)30-5/h7-8,11-12,17-18H,6,9-10H2,1-5H3. The van der Waals surface area contributed by atoms with Gasteiger partial charge in [0, 0.05) is 31.6 Å². The number of carbonyl (C=O) groups is 2. The van der Waals surface area contributed by atoms with Gasteiger partial charge in [-0.25, -0.2) is 9.79 Å².